The van der Waals surface area contributed by atoms with E-state index in [9.17, 15) is 4.79 Å². The predicted molar refractivity (Wildman–Crippen MR) is 79.1 cm³/mol. The van der Waals surface area contributed by atoms with Crippen molar-refractivity contribution in [3.05, 3.63) is 23.5 Å². The lowest BCUT2D eigenvalue weighted by atomic mass is 10.2. The Morgan fingerprint density at radius 1 is 1.53 bits per heavy atom. The summed E-state index contributed by atoms with van der Waals surface area (Å²) < 4.78 is 0. The largest absolute Gasteiger partial charge is 0.348 e. The number of carbonyl (C=O) groups is 1. The van der Waals surface area contributed by atoms with Gasteiger partial charge in [0.15, 0.2) is 5.65 Å². The molecule has 0 bridgehead atoms. The van der Waals surface area contributed by atoms with Gasteiger partial charge in [0.2, 0.25) is 0 Å². The molecule has 0 spiro atoms. The maximum atomic E-state index is 11.9. The van der Waals surface area contributed by atoms with Crippen LogP contribution in [0.15, 0.2) is 12.3 Å². The Morgan fingerprint density at radius 3 is 2.84 bits per heavy atom. The molecule has 0 unspecified atom stereocenters. The molecule has 8 heteroatoms. The number of H-pyrrole nitrogens is 1. The average Bonchev–Trinajstić information content (AvgIpc) is 2.70. The number of hydrogen-bond donors (Lipinski definition) is 3. The molecule has 2 aromatic heterocycles. The summed E-state index contributed by atoms with van der Waals surface area (Å²) in [4.78, 5) is 16.0. The van der Waals surface area contributed by atoms with Crippen molar-refractivity contribution in [3.8, 4) is 0 Å². The average molecular weight is 306 g/mol. The second-order valence-electron chi connectivity index (χ2n) is 4.05. The molecule has 4 N–H and O–H groups in total. The van der Waals surface area contributed by atoms with Crippen molar-refractivity contribution in [2.24, 2.45) is 5.73 Å². The highest BCUT2D eigenvalue weighted by Gasteiger charge is 2.11. The summed E-state index contributed by atoms with van der Waals surface area (Å²) in [7, 11) is 0. The molecule has 0 saturated heterocycles. The Bertz CT molecular complexity index is 557. The summed E-state index contributed by atoms with van der Waals surface area (Å²) in [5.41, 5.74) is 7.48. The van der Waals surface area contributed by atoms with Crippen molar-refractivity contribution in [1.29, 1.82) is 0 Å². The van der Waals surface area contributed by atoms with Gasteiger partial charge in [-0.25, -0.2) is 4.98 Å². The van der Waals surface area contributed by atoms with E-state index in [1.807, 2.05) is 13.8 Å². The number of carbonyl (C=O) groups excluding carboxylic acids is 1. The number of aromatic nitrogens is 3. The fraction of sp³-hybridized carbons (Fsp3) is 0.364. The van der Waals surface area contributed by atoms with E-state index in [2.05, 4.69) is 20.5 Å². The summed E-state index contributed by atoms with van der Waals surface area (Å²) in [5, 5.41) is 10.5. The molecule has 2 aromatic rings. The fourth-order valence-corrected chi connectivity index (χ4v) is 1.51. The molecule has 6 nitrogen and oxygen atoms in total. The third kappa shape index (κ3) is 3.79. The van der Waals surface area contributed by atoms with Crippen LogP contribution in [-0.4, -0.2) is 33.7 Å². The normalized spacial score (nSPS) is 11.3. The first kappa shape index (κ1) is 17.6. The van der Waals surface area contributed by atoms with E-state index in [-0.39, 0.29) is 36.8 Å². The van der Waals surface area contributed by atoms with Crippen molar-refractivity contribution in [3.63, 3.8) is 0 Å². The van der Waals surface area contributed by atoms with Crippen LogP contribution in [0.2, 0.25) is 0 Å². The smallest absolute Gasteiger partial charge is 0.253 e. The molecule has 106 valence electrons. The van der Waals surface area contributed by atoms with E-state index in [0.717, 1.165) is 11.1 Å². The number of rotatable bonds is 3. The minimum absolute atomic E-state index is 0. The van der Waals surface area contributed by atoms with Gasteiger partial charge in [-0.1, -0.05) is 0 Å². The van der Waals surface area contributed by atoms with Crippen molar-refractivity contribution in [1.82, 2.24) is 20.5 Å². The van der Waals surface area contributed by atoms with Gasteiger partial charge in [-0.2, -0.15) is 5.10 Å². The molecule has 19 heavy (non-hydrogen) atoms. The van der Waals surface area contributed by atoms with Gasteiger partial charge in [0.1, 0.15) is 0 Å². The van der Waals surface area contributed by atoms with Crippen LogP contribution in [0.5, 0.6) is 0 Å². The topological polar surface area (TPSA) is 96.7 Å². The minimum atomic E-state index is -0.169. The number of aromatic amines is 1. The van der Waals surface area contributed by atoms with Crippen LogP contribution < -0.4 is 11.1 Å². The molecule has 0 fully saturated rings. The number of halogens is 2. The fourth-order valence-electron chi connectivity index (χ4n) is 1.51. The third-order valence-corrected chi connectivity index (χ3v) is 2.59. The van der Waals surface area contributed by atoms with Gasteiger partial charge in [-0.05, 0) is 19.9 Å². The van der Waals surface area contributed by atoms with Crippen LogP contribution in [0, 0.1) is 6.92 Å². The lowest BCUT2D eigenvalue weighted by molar-refractivity contribution is 0.0941. The Morgan fingerprint density at radius 2 is 2.21 bits per heavy atom. The van der Waals surface area contributed by atoms with Gasteiger partial charge < -0.3 is 11.1 Å². The van der Waals surface area contributed by atoms with Crippen molar-refractivity contribution in [2.45, 2.75) is 19.9 Å². The van der Waals surface area contributed by atoms with Crippen molar-refractivity contribution < 1.29 is 4.79 Å². The van der Waals surface area contributed by atoms with Gasteiger partial charge >= 0.3 is 0 Å². The van der Waals surface area contributed by atoms with Crippen LogP contribution in [0.1, 0.15) is 23.0 Å². The Balaban J connectivity index is 0.00000162. The number of pyridine rings is 1. The highest BCUT2D eigenvalue weighted by molar-refractivity contribution is 5.97. The van der Waals surface area contributed by atoms with E-state index < -0.39 is 0 Å². The first-order valence-electron chi connectivity index (χ1n) is 5.43. The van der Waals surface area contributed by atoms with Crippen LogP contribution in [0.4, 0.5) is 0 Å². The summed E-state index contributed by atoms with van der Waals surface area (Å²) in [6.45, 7) is 4.15. The second-order valence-corrected chi connectivity index (χ2v) is 4.05. The lowest BCUT2D eigenvalue weighted by Gasteiger charge is -2.10. The van der Waals surface area contributed by atoms with Crippen molar-refractivity contribution >= 4 is 41.8 Å². The molecule has 0 aliphatic rings. The number of nitrogens with zero attached hydrogens (tertiary/aromatic N) is 2. The third-order valence-electron chi connectivity index (χ3n) is 2.59. The number of hydrogen-bond acceptors (Lipinski definition) is 4. The van der Waals surface area contributed by atoms with E-state index in [1.165, 1.54) is 6.20 Å². The monoisotopic (exact) mass is 305 g/mol. The summed E-state index contributed by atoms with van der Waals surface area (Å²) in [6, 6.07) is 1.73. The zero-order valence-electron chi connectivity index (χ0n) is 10.6. The molecule has 0 radical (unpaired) electrons. The summed E-state index contributed by atoms with van der Waals surface area (Å²) in [6.07, 6.45) is 1.52. The van der Waals surface area contributed by atoms with Crippen LogP contribution in [0.25, 0.3) is 11.0 Å². The summed E-state index contributed by atoms with van der Waals surface area (Å²) >= 11 is 0. The van der Waals surface area contributed by atoms with Crippen molar-refractivity contribution in [2.75, 3.05) is 6.54 Å². The molecule has 2 heterocycles. The van der Waals surface area contributed by atoms with Gasteiger partial charge in [-0.15, -0.1) is 24.8 Å². The highest BCUT2D eigenvalue weighted by atomic mass is 35.5. The maximum absolute atomic E-state index is 11.9. The SMILES string of the molecule is Cc1[nH]nc2ncc(C(=O)N[C@@H](C)CN)cc12.Cl.Cl. The molecule has 0 aliphatic carbocycles. The first-order chi connectivity index (χ1) is 8.11. The molecule has 1 amide bonds. The number of amides is 1. The quantitative estimate of drug-likeness (QED) is 0.793. The summed E-state index contributed by atoms with van der Waals surface area (Å²) in [5.74, 6) is -0.169. The van der Waals surface area contributed by atoms with Crippen LogP contribution in [-0.2, 0) is 0 Å². The van der Waals surface area contributed by atoms with Crippen LogP contribution in [0.3, 0.4) is 0 Å². The first-order valence-corrected chi connectivity index (χ1v) is 5.43. The Kier molecular flexibility index (Phi) is 6.75. The van der Waals surface area contributed by atoms with E-state index in [0.29, 0.717) is 17.8 Å². The molecule has 1 atom stereocenters. The van der Waals surface area contributed by atoms with Gasteiger partial charge in [-0.3, -0.25) is 9.89 Å². The second kappa shape index (κ2) is 7.28. The molecular weight excluding hydrogens is 289 g/mol. The van der Waals surface area contributed by atoms with Gasteiger partial charge in [0, 0.05) is 29.9 Å². The Labute approximate surface area is 123 Å². The van der Waals surface area contributed by atoms with Crippen LogP contribution >= 0.6 is 24.8 Å². The highest BCUT2D eigenvalue weighted by Crippen LogP contribution is 2.14. The van der Waals surface area contributed by atoms with Gasteiger partial charge in [0.05, 0.1) is 5.56 Å². The lowest BCUT2D eigenvalue weighted by Crippen LogP contribution is -2.37. The standard InChI is InChI=1S/C11H15N5O.2ClH/c1-6(4-12)14-11(17)8-3-9-7(2)15-16-10(9)13-5-8;;/h3,5-6H,4,12H2,1-2H3,(H,14,17)(H,13,15,16);2*1H/t6-;;/m0../s1. The minimum Gasteiger partial charge on any atom is -0.348 e. The zero-order valence-corrected chi connectivity index (χ0v) is 12.3. The molecular formula is C11H17Cl2N5O. The van der Waals surface area contributed by atoms with E-state index in [4.69, 9.17) is 5.73 Å². The number of fused-ring (bicyclic) bond motifs is 1. The molecule has 2 rings (SSSR count). The maximum Gasteiger partial charge on any atom is 0.253 e. The number of nitrogens with two attached hydrogens (primary N) is 1. The van der Waals surface area contributed by atoms with E-state index >= 15 is 0 Å². The zero-order chi connectivity index (χ0) is 12.4. The number of nitrogens with one attached hydrogen (secondary N) is 2. The van der Waals surface area contributed by atoms with Gasteiger partial charge in [0.25, 0.3) is 5.91 Å². The van der Waals surface area contributed by atoms with E-state index in [1.54, 1.807) is 6.07 Å². The number of aryl methyl sites for hydroxylation is 1. The predicted octanol–water partition coefficient (Wildman–Crippen LogP) is 1.19. The molecule has 0 saturated carbocycles. The Hall–Kier alpha value is -1.37. The molecule has 0 aromatic carbocycles. The molecule has 0 aliphatic heterocycles.